The van der Waals surface area contributed by atoms with Gasteiger partial charge in [0.25, 0.3) is 14.7 Å². The summed E-state index contributed by atoms with van der Waals surface area (Å²) in [5.41, 5.74) is 2.96. The van der Waals surface area contributed by atoms with Crippen LogP contribution in [-0.2, 0) is 20.9 Å². The molecule has 37 heavy (non-hydrogen) atoms. The quantitative estimate of drug-likeness (QED) is 0.160. The fourth-order valence-corrected chi connectivity index (χ4v) is 5.15. The number of anilines is 1. The Kier molecular flexibility index (Phi) is 9.24. The molecule has 4 rings (SSSR count). The predicted octanol–water partition coefficient (Wildman–Crippen LogP) is 5.70. The van der Waals surface area contributed by atoms with Crippen LogP contribution in [0.2, 0.25) is 0 Å². The third-order valence-corrected chi connectivity index (χ3v) is 7.63. The molecule has 2 aromatic carbocycles. The highest BCUT2D eigenvalue weighted by Crippen LogP contribution is 2.43. The Balaban J connectivity index is 1.56. The Morgan fingerprint density at radius 1 is 1.05 bits per heavy atom. The molecular formula is C26H25Cl3N2O5S. The maximum Gasteiger partial charge on any atom is 0.276 e. The maximum atomic E-state index is 12.1. The van der Waals surface area contributed by atoms with Crippen LogP contribution in [0.1, 0.15) is 36.0 Å². The minimum Gasteiger partial charge on any atom is -0.618 e. The van der Waals surface area contributed by atoms with Crippen LogP contribution in [0.25, 0.3) is 0 Å². The van der Waals surface area contributed by atoms with Crippen LogP contribution in [-0.4, -0.2) is 26.7 Å². The van der Waals surface area contributed by atoms with E-state index in [9.17, 15) is 15.1 Å². The number of carbonyl (C=O) groups is 1. The third-order valence-electron chi connectivity index (χ3n) is 6.01. The van der Waals surface area contributed by atoms with Crippen molar-refractivity contribution in [2.24, 2.45) is 5.92 Å². The molecule has 0 bridgehead atoms. The molecule has 1 fully saturated rings. The van der Waals surface area contributed by atoms with E-state index in [1.807, 2.05) is 30.3 Å². The highest BCUT2D eigenvalue weighted by Gasteiger charge is 2.39. The second-order valence-corrected chi connectivity index (χ2v) is 11.9. The number of pyridine rings is 1. The summed E-state index contributed by atoms with van der Waals surface area (Å²) in [6.07, 6.45) is 0.233. The van der Waals surface area contributed by atoms with Gasteiger partial charge in [0.1, 0.15) is 0 Å². The second kappa shape index (κ2) is 12.2. The molecule has 1 aliphatic heterocycles. The number of halogens is 3. The lowest BCUT2D eigenvalue weighted by molar-refractivity contribution is -0.645. The lowest BCUT2D eigenvalue weighted by atomic mass is 9.91. The van der Waals surface area contributed by atoms with Crippen LogP contribution in [0.4, 0.5) is 5.69 Å². The normalized spacial score (nSPS) is 22.0. The average molecular weight is 584 g/mol. The number of rotatable bonds is 7. The van der Waals surface area contributed by atoms with Crippen molar-refractivity contribution in [3.63, 3.8) is 0 Å². The zero-order valence-electron chi connectivity index (χ0n) is 19.7. The number of carbonyl (C=O) groups excluding carboxylic acids is 1. The Hall–Kier alpha value is -2.04. The number of nitrogens with one attached hydrogen (secondary N) is 1. The number of hydrogen-bond donors (Lipinski definition) is 2. The summed E-state index contributed by atoms with van der Waals surface area (Å²) >= 11 is 18.3. The maximum absolute atomic E-state index is 12.1. The topological polar surface area (TPSA) is 94.7 Å². The largest absolute Gasteiger partial charge is 0.618 e. The number of amides is 1. The second-order valence-electron chi connectivity index (χ2n) is 8.57. The first-order chi connectivity index (χ1) is 17.7. The van der Waals surface area contributed by atoms with Crippen LogP contribution in [0, 0.1) is 11.1 Å². The lowest BCUT2D eigenvalue weighted by Gasteiger charge is -2.41. The summed E-state index contributed by atoms with van der Waals surface area (Å²) in [5, 5.41) is 24.7. The molecule has 3 aromatic rings. The molecule has 7 nitrogen and oxygen atoms in total. The van der Waals surface area contributed by atoms with Gasteiger partial charge in [0, 0.05) is 35.1 Å². The van der Waals surface area contributed by atoms with E-state index in [2.05, 4.69) is 12.2 Å². The molecule has 0 saturated carbocycles. The molecule has 11 heteroatoms. The Bertz CT molecular complexity index is 1210. The minimum absolute atomic E-state index is 0.0320. The van der Waals surface area contributed by atoms with E-state index in [4.69, 9.17) is 44.3 Å². The van der Waals surface area contributed by atoms with Crippen molar-refractivity contribution < 1.29 is 24.1 Å². The molecular weight excluding hydrogens is 559 g/mol. The van der Waals surface area contributed by atoms with Crippen LogP contribution in [0.3, 0.4) is 0 Å². The molecule has 0 unspecified atom stereocenters. The summed E-state index contributed by atoms with van der Waals surface area (Å²) in [4.78, 5) is 12.0. The van der Waals surface area contributed by atoms with Crippen LogP contribution >= 0.6 is 46.6 Å². The number of benzene rings is 2. The highest BCUT2D eigenvalue weighted by atomic mass is 35.6. The van der Waals surface area contributed by atoms with E-state index in [0.717, 1.165) is 21.4 Å². The monoisotopic (exact) mass is 582 g/mol. The summed E-state index contributed by atoms with van der Waals surface area (Å²) < 4.78 is 11.5. The molecule has 196 valence electrons. The minimum atomic E-state index is -2.07. The zero-order chi connectivity index (χ0) is 26.6. The van der Waals surface area contributed by atoms with Crippen molar-refractivity contribution in [3.05, 3.63) is 94.8 Å². The summed E-state index contributed by atoms with van der Waals surface area (Å²) in [5.74, 6) is -0.254. The molecule has 0 aliphatic carbocycles. The van der Waals surface area contributed by atoms with Crippen LogP contribution < -0.4 is 10.0 Å². The number of alkyl halides is 3. The molecule has 2 N–H and O–H groups in total. The van der Waals surface area contributed by atoms with Gasteiger partial charge >= 0.3 is 0 Å². The Morgan fingerprint density at radius 2 is 1.73 bits per heavy atom. The van der Waals surface area contributed by atoms with Gasteiger partial charge < -0.3 is 25.1 Å². The van der Waals surface area contributed by atoms with Crippen molar-refractivity contribution in [2.45, 2.75) is 40.8 Å². The SMILES string of the molecule is C[C@@H]1[C@H](CSc2cccc[n+]2[O-])O[C@H](c2ccc(NC(=O)C(Cl)(Cl)Cl)cc2)O[C@@H]1c1ccc(CO)cc1. The Labute approximate surface area is 234 Å². The van der Waals surface area contributed by atoms with Crippen molar-refractivity contribution in [2.75, 3.05) is 11.1 Å². The molecule has 0 radical (unpaired) electrons. The molecule has 1 amide bonds. The summed E-state index contributed by atoms with van der Waals surface area (Å²) in [6, 6.07) is 19.8. The smallest absolute Gasteiger partial charge is 0.276 e. The molecule has 1 saturated heterocycles. The number of aliphatic hydroxyl groups is 1. The highest BCUT2D eigenvalue weighted by molar-refractivity contribution is 7.99. The first-order valence-electron chi connectivity index (χ1n) is 11.5. The van der Waals surface area contributed by atoms with E-state index >= 15 is 0 Å². The van der Waals surface area contributed by atoms with Crippen molar-refractivity contribution in [1.29, 1.82) is 0 Å². The van der Waals surface area contributed by atoms with Gasteiger partial charge in [-0.05, 0) is 29.3 Å². The fourth-order valence-electron chi connectivity index (χ4n) is 3.93. The molecule has 4 atom stereocenters. The lowest BCUT2D eigenvalue weighted by Crippen LogP contribution is -2.39. The number of thioether (sulfide) groups is 1. The van der Waals surface area contributed by atoms with E-state index in [1.54, 1.807) is 36.4 Å². The van der Waals surface area contributed by atoms with Gasteiger partial charge in [0.05, 0.1) is 18.8 Å². The van der Waals surface area contributed by atoms with Gasteiger partial charge in [-0.1, -0.05) is 89.9 Å². The van der Waals surface area contributed by atoms with E-state index in [0.29, 0.717) is 16.5 Å². The van der Waals surface area contributed by atoms with Crippen molar-refractivity contribution in [3.8, 4) is 0 Å². The summed E-state index contributed by atoms with van der Waals surface area (Å²) in [6.45, 7) is 2.01. The number of ether oxygens (including phenoxy) is 2. The van der Waals surface area contributed by atoms with Gasteiger partial charge in [0.2, 0.25) is 0 Å². The Morgan fingerprint density at radius 3 is 2.35 bits per heavy atom. The average Bonchev–Trinajstić information content (AvgIpc) is 2.89. The number of aliphatic hydroxyl groups excluding tert-OH is 1. The van der Waals surface area contributed by atoms with Gasteiger partial charge in [0.15, 0.2) is 12.5 Å². The molecule has 0 spiro atoms. The van der Waals surface area contributed by atoms with Crippen molar-refractivity contribution >= 4 is 58.2 Å². The summed E-state index contributed by atoms with van der Waals surface area (Å²) in [7, 11) is 0. The number of nitrogens with zero attached hydrogens (tertiary/aromatic N) is 1. The van der Waals surface area contributed by atoms with E-state index in [-0.39, 0.29) is 24.7 Å². The van der Waals surface area contributed by atoms with E-state index < -0.39 is 16.0 Å². The number of aromatic nitrogens is 1. The molecule has 1 aliphatic rings. The first-order valence-corrected chi connectivity index (χ1v) is 13.6. The zero-order valence-corrected chi connectivity index (χ0v) is 22.8. The van der Waals surface area contributed by atoms with E-state index in [1.165, 1.54) is 18.0 Å². The van der Waals surface area contributed by atoms with Gasteiger partial charge in [-0.3, -0.25) is 4.79 Å². The van der Waals surface area contributed by atoms with Gasteiger partial charge in [-0.2, -0.15) is 4.73 Å². The van der Waals surface area contributed by atoms with Gasteiger partial charge in [-0.25, -0.2) is 0 Å². The first kappa shape index (κ1) is 28.0. The standard InChI is InChI=1S/C26H25Cl3N2O5S/c1-16-21(15-37-22-4-2-3-13-31(22)34)35-24(36-23(16)18-7-5-17(14-32)6-8-18)19-9-11-20(12-10-19)30-25(33)26(27,28)29/h2-13,16,21,23-24,32H,14-15H2,1H3,(H,30,33)/t16-,21+,23+,24+/m1/s1. The van der Waals surface area contributed by atoms with Gasteiger partial charge in [-0.15, -0.1) is 0 Å². The number of hydrogen-bond acceptors (Lipinski definition) is 6. The third kappa shape index (κ3) is 7.09. The predicted molar refractivity (Wildman–Crippen MR) is 144 cm³/mol. The molecule has 1 aromatic heterocycles. The molecule has 2 heterocycles. The van der Waals surface area contributed by atoms with Crippen LogP contribution in [0.15, 0.2) is 78.0 Å². The fraction of sp³-hybridized carbons (Fsp3) is 0.308. The van der Waals surface area contributed by atoms with Crippen molar-refractivity contribution in [1.82, 2.24) is 0 Å². The van der Waals surface area contributed by atoms with Crippen LogP contribution in [0.5, 0.6) is 0 Å².